The SMILES string of the molecule is COc1cc(NCc2cccc(C)c2)ccn1. The summed E-state index contributed by atoms with van der Waals surface area (Å²) in [6, 6.07) is 12.3. The average molecular weight is 228 g/mol. The molecule has 0 aliphatic rings. The first-order valence-corrected chi connectivity index (χ1v) is 5.57. The number of hydrogen-bond acceptors (Lipinski definition) is 3. The first kappa shape index (κ1) is 11.5. The van der Waals surface area contributed by atoms with E-state index in [1.165, 1.54) is 11.1 Å². The summed E-state index contributed by atoms with van der Waals surface area (Å²) in [7, 11) is 1.62. The van der Waals surface area contributed by atoms with Gasteiger partial charge in [0, 0.05) is 24.5 Å². The summed E-state index contributed by atoms with van der Waals surface area (Å²) in [5.41, 5.74) is 3.55. The topological polar surface area (TPSA) is 34.1 Å². The predicted molar refractivity (Wildman–Crippen MR) is 69.3 cm³/mol. The molecule has 0 fully saturated rings. The van der Waals surface area contributed by atoms with Crippen LogP contribution in [0.2, 0.25) is 0 Å². The molecule has 0 atom stereocenters. The van der Waals surface area contributed by atoms with Crippen molar-refractivity contribution in [3.63, 3.8) is 0 Å². The number of rotatable bonds is 4. The Hall–Kier alpha value is -2.03. The van der Waals surface area contributed by atoms with E-state index in [9.17, 15) is 0 Å². The third kappa shape index (κ3) is 3.21. The Kier molecular flexibility index (Phi) is 3.60. The fourth-order valence-corrected chi connectivity index (χ4v) is 1.66. The maximum absolute atomic E-state index is 5.07. The number of methoxy groups -OCH3 is 1. The number of aromatic nitrogens is 1. The Balaban J connectivity index is 2.02. The van der Waals surface area contributed by atoms with Gasteiger partial charge in [-0.1, -0.05) is 29.8 Å². The van der Waals surface area contributed by atoms with E-state index >= 15 is 0 Å². The van der Waals surface area contributed by atoms with Crippen LogP contribution in [0.25, 0.3) is 0 Å². The minimum absolute atomic E-state index is 0.624. The van der Waals surface area contributed by atoms with Crippen molar-refractivity contribution in [2.24, 2.45) is 0 Å². The van der Waals surface area contributed by atoms with Crippen molar-refractivity contribution in [2.75, 3.05) is 12.4 Å². The molecule has 2 rings (SSSR count). The van der Waals surface area contributed by atoms with Gasteiger partial charge in [0.25, 0.3) is 0 Å². The van der Waals surface area contributed by atoms with Gasteiger partial charge in [0.1, 0.15) is 0 Å². The van der Waals surface area contributed by atoms with Crippen molar-refractivity contribution < 1.29 is 4.74 Å². The molecule has 0 saturated carbocycles. The van der Waals surface area contributed by atoms with Gasteiger partial charge >= 0.3 is 0 Å². The molecule has 88 valence electrons. The molecular formula is C14H16N2O. The molecule has 17 heavy (non-hydrogen) atoms. The van der Waals surface area contributed by atoms with Crippen molar-refractivity contribution in [3.05, 3.63) is 53.7 Å². The van der Waals surface area contributed by atoms with E-state index in [4.69, 9.17) is 4.74 Å². The molecule has 3 nitrogen and oxygen atoms in total. The van der Waals surface area contributed by atoms with Crippen LogP contribution in [0.5, 0.6) is 5.88 Å². The number of hydrogen-bond donors (Lipinski definition) is 1. The number of aryl methyl sites for hydroxylation is 1. The van der Waals surface area contributed by atoms with Crippen LogP contribution in [0.15, 0.2) is 42.6 Å². The highest BCUT2D eigenvalue weighted by Gasteiger charge is 1.97. The fraction of sp³-hybridized carbons (Fsp3) is 0.214. The minimum Gasteiger partial charge on any atom is -0.481 e. The zero-order chi connectivity index (χ0) is 12.1. The smallest absolute Gasteiger partial charge is 0.214 e. The van der Waals surface area contributed by atoms with Crippen LogP contribution in [0.4, 0.5) is 5.69 Å². The third-order valence-electron chi connectivity index (χ3n) is 2.52. The first-order chi connectivity index (χ1) is 8.28. The van der Waals surface area contributed by atoms with E-state index in [1.54, 1.807) is 13.3 Å². The number of anilines is 1. The zero-order valence-electron chi connectivity index (χ0n) is 10.1. The summed E-state index contributed by atoms with van der Waals surface area (Å²) in [6.07, 6.45) is 1.73. The number of nitrogens with one attached hydrogen (secondary N) is 1. The third-order valence-corrected chi connectivity index (χ3v) is 2.52. The Labute approximate surface area is 101 Å². The molecule has 0 radical (unpaired) electrons. The van der Waals surface area contributed by atoms with E-state index in [2.05, 4.69) is 41.5 Å². The van der Waals surface area contributed by atoms with Crippen LogP contribution >= 0.6 is 0 Å². The van der Waals surface area contributed by atoms with Gasteiger partial charge in [-0.15, -0.1) is 0 Å². The van der Waals surface area contributed by atoms with Crippen LogP contribution in [-0.2, 0) is 6.54 Å². The molecule has 1 N–H and O–H groups in total. The first-order valence-electron chi connectivity index (χ1n) is 5.57. The van der Waals surface area contributed by atoms with E-state index < -0.39 is 0 Å². The molecule has 2 aromatic rings. The Bertz CT molecular complexity index is 497. The summed E-state index contributed by atoms with van der Waals surface area (Å²) in [4.78, 5) is 4.06. The summed E-state index contributed by atoms with van der Waals surface area (Å²) in [5, 5.41) is 3.34. The monoisotopic (exact) mass is 228 g/mol. The molecule has 0 saturated heterocycles. The summed E-state index contributed by atoms with van der Waals surface area (Å²) in [6.45, 7) is 2.90. The number of ether oxygens (including phenoxy) is 1. The lowest BCUT2D eigenvalue weighted by Crippen LogP contribution is -2.00. The molecule has 1 heterocycles. The second-order valence-electron chi connectivity index (χ2n) is 3.93. The van der Waals surface area contributed by atoms with Crippen LogP contribution in [-0.4, -0.2) is 12.1 Å². The highest BCUT2D eigenvalue weighted by Crippen LogP contribution is 2.14. The number of benzene rings is 1. The molecule has 3 heteroatoms. The van der Waals surface area contributed by atoms with Crippen molar-refractivity contribution >= 4 is 5.69 Å². The van der Waals surface area contributed by atoms with Crippen molar-refractivity contribution in [1.29, 1.82) is 0 Å². The Morgan fingerprint density at radius 1 is 1.24 bits per heavy atom. The van der Waals surface area contributed by atoms with E-state index in [1.807, 2.05) is 12.1 Å². The molecule has 0 aliphatic carbocycles. The van der Waals surface area contributed by atoms with Crippen LogP contribution < -0.4 is 10.1 Å². The van der Waals surface area contributed by atoms with E-state index in [0.717, 1.165) is 12.2 Å². The highest BCUT2D eigenvalue weighted by atomic mass is 16.5. The van der Waals surface area contributed by atoms with Gasteiger partial charge in [-0.2, -0.15) is 0 Å². The predicted octanol–water partition coefficient (Wildman–Crippen LogP) is 3.01. The van der Waals surface area contributed by atoms with Gasteiger partial charge in [0.15, 0.2) is 0 Å². The van der Waals surface area contributed by atoms with Gasteiger partial charge in [-0.3, -0.25) is 0 Å². The van der Waals surface area contributed by atoms with Gasteiger partial charge in [0.05, 0.1) is 7.11 Å². The van der Waals surface area contributed by atoms with Crippen molar-refractivity contribution in [2.45, 2.75) is 13.5 Å². The summed E-state index contributed by atoms with van der Waals surface area (Å²) < 4.78 is 5.07. The summed E-state index contributed by atoms with van der Waals surface area (Å²) >= 11 is 0. The molecule has 1 aromatic carbocycles. The zero-order valence-corrected chi connectivity index (χ0v) is 10.1. The van der Waals surface area contributed by atoms with Crippen LogP contribution in [0.3, 0.4) is 0 Å². The fourth-order valence-electron chi connectivity index (χ4n) is 1.66. The largest absolute Gasteiger partial charge is 0.481 e. The van der Waals surface area contributed by atoms with Crippen molar-refractivity contribution in [3.8, 4) is 5.88 Å². The highest BCUT2D eigenvalue weighted by molar-refractivity contribution is 5.45. The molecule has 0 spiro atoms. The van der Waals surface area contributed by atoms with Crippen LogP contribution in [0.1, 0.15) is 11.1 Å². The van der Waals surface area contributed by atoms with Gasteiger partial charge < -0.3 is 10.1 Å². The molecule has 0 unspecified atom stereocenters. The molecular weight excluding hydrogens is 212 g/mol. The lowest BCUT2D eigenvalue weighted by atomic mass is 10.1. The summed E-state index contributed by atoms with van der Waals surface area (Å²) in [5.74, 6) is 0.624. The lowest BCUT2D eigenvalue weighted by Gasteiger charge is -2.08. The normalized spacial score (nSPS) is 10.0. The maximum Gasteiger partial charge on any atom is 0.214 e. The Morgan fingerprint density at radius 2 is 2.12 bits per heavy atom. The van der Waals surface area contributed by atoms with E-state index in [-0.39, 0.29) is 0 Å². The maximum atomic E-state index is 5.07. The molecule has 1 aromatic heterocycles. The number of nitrogens with zero attached hydrogens (tertiary/aromatic N) is 1. The van der Waals surface area contributed by atoms with Gasteiger partial charge in [-0.05, 0) is 18.6 Å². The lowest BCUT2D eigenvalue weighted by molar-refractivity contribution is 0.398. The molecule has 0 bridgehead atoms. The van der Waals surface area contributed by atoms with Gasteiger partial charge in [0.2, 0.25) is 5.88 Å². The van der Waals surface area contributed by atoms with Gasteiger partial charge in [-0.25, -0.2) is 4.98 Å². The minimum atomic E-state index is 0.624. The standard InChI is InChI=1S/C14H16N2O/c1-11-4-3-5-12(8-11)10-16-13-6-7-15-14(9-13)17-2/h3-9H,10H2,1-2H3,(H,15,16). The van der Waals surface area contributed by atoms with Crippen molar-refractivity contribution in [1.82, 2.24) is 4.98 Å². The quantitative estimate of drug-likeness (QED) is 0.873. The van der Waals surface area contributed by atoms with Crippen LogP contribution in [0, 0.1) is 6.92 Å². The molecule has 0 amide bonds. The molecule has 0 aliphatic heterocycles. The second kappa shape index (κ2) is 5.34. The Morgan fingerprint density at radius 3 is 2.88 bits per heavy atom. The van der Waals surface area contributed by atoms with E-state index in [0.29, 0.717) is 5.88 Å². The average Bonchev–Trinajstić information content (AvgIpc) is 2.37. The second-order valence-corrected chi connectivity index (χ2v) is 3.93. The number of pyridine rings is 1.